The number of anilines is 1. The van der Waals surface area contributed by atoms with Gasteiger partial charge in [0.2, 0.25) is 0 Å². The molecule has 5 nitrogen and oxygen atoms in total. The van der Waals surface area contributed by atoms with Crippen LogP contribution in [0.1, 0.15) is 27.2 Å². The molecule has 1 amide bonds. The Morgan fingerprint density at radius 1 is 1.00 bits per heavy atom. The zero-order valence-electron chi connectivity index (χ0n) is 15.8. The Hall–Kier alpha value is -2.99. The predicted molar refractivity (Wildman–Crippen MR) is 115 cm³/mol. The Morgan fingerprint density at radius 3 is 2.50 bits per heavy atom. The second-order valence-electron chi connectivity index (χ2n) is 6.81. The van der Waals surface area contributed by atoms with E-state index < -0.39 is 0 Å². The highest BCUT2D eigenvalue weighted by Gasteiger charge is 2.15. The Bertz CT molecular complexity index is 1200. The van der Waals surface area contributed by atoms with Gasteiger partial charge in [0.05, 0.1) is 11.2 Å². The summed E-state index contributed by atoms with van der Waals surface area (Å²) >= 11 is 3.39. The summed E-state index contributed by atoms with van der Waals surface area (Å²) in [5.74, 6) is 1.08. The molecule has 0 aliphatic carbocycles. The van der Waals surface area contributed by atoms with E-state index in [-0.39, 0.29) is 5.91 Å². The zero-order chi connectivity index (χ0) is 19.8. The van der Waals surface area contributed by atoms with E-state index in [1.807, 2.05) is 50.2 Å². The molecule has 0 unspecified atom stereocenters. The van der Waals surface area contributed by atoms with Crippen LogP contribution in [-0.2, 0) is 0 Å². The van der Waals surface area contributed by atoms with Crippen LogP contribution in [0.25, 0.3) is 16.7 Å². The molecule has 4 rings (SSSR count). The van der Waals surface area contributed by atoms with Gasteiger partial charge in [-0.3, -0.25) is 4.79 Å². The molecule has 28 heavy (non-hydrogen) atoms. The third-order valence-electron chi connectivity index (χ3n) is 4.63. The van der Waals surface area contributed by atoms with Gasteiger partial charge in [0, 0.05) is 21.5 Å². The van der Waals surface area contributed by atoms with E-state index in [2.05, 4.69) is 39.3 Å². The molecule has 2 aromatic heterocycles. The maximum Gasteiger partial charge on any atom is 0.256 e. The van der Waals surface area contributed by atoms with Crippen LogP contribution in [0.2, 0.25) is 0 Å². The number of hydrogen-bond donors (Lipinski definition) is 1. The lowest BCUT2D eigenvalue weighted by molar-refractivity contribution is 0.102. The molecule has 1 N–H and O–H groups in total. The molecule has 0 aliphatic heterocycles. The van der Waals surface area contributed by atoms with Crippen molar-refractivity contribution in [1.82, 2.24) is 14.8 Å². The zero-order valence-corrected chi connectivity index (χ0v) is 17.4. The van der Waals surface area contributed by atoms with Crippen LogP contribution >= 0.6 is 15.9 Å². The van der Waals surface area contributed by atoms with E-state index >= 15 is 0 Å². The smallest absolute Gasteiger partial charge is 0.256 e. The summed E-state index contributed by atoms with van der Waals surface area (Å²) in [6.45, 7) is 6.00. The molecule has 0 saturated heterocycles. The van der Waals surface area contributed by atoms with Crippen LogP contribution in [0, 0.1) is 20.8 Å². The third kappa shape index (κ3) is 3.43. The highest BCUT2D eigenvalue weighted by molar-refractivity contribution is 9.10. The first-order chi connectivity index (χ1) is 13.4. The molecule has 0 bridgehead atoms. The Kier molecular flexibility index (Phi) is 4.73. The van der Waals surface area contributed by atoms with Crippen molar-refractivity contribution in [2.75, 3.05) is 5.32 Å². The molecule has 0 aliphatic rings. The maximum absolute atomic E-state index is 12.7. The van der Waals surface area contributed by atoms with Gasteiger partial charge in [0.25, 0.3) is 5.91 Å². The lowest BCUT2D eigenvalue weighted by Gasteiger charge is -2.12. The van der Waals surface area contributed by atoms with Crippen molar-refractivity contribution in [2.24, 2.45) is 0 Å². The number of aromatic nitrogens is 3. The van der Waals surface area contributed by atoms with Gasteiger partial charge in [0.1, 0.15) is 5.82 Å². The predicted octanol–water partition coefficient (Wildman–Crippen LogP) is 5.36. The third-order valence-corrected chi connectivity index (χ3v) is 5.16. The number of hydrogen-bond acceptors (Lipinski definition) is 3. The van der Waals surface area contributed by atoms with Crippen molar-refractivity contribution in [3.63, 3.8) is 0 Å². The van der Waals surface area contributed by atoms with Crippen molar-refractivity contribution in [1.29, 1.82) is 0 Å². The van der Waals surface area contributed by atoms with Gasteiger partial charge in [-0.1, -0.05) is 34.1 Å². The van der Waals surface area contributed by atoms with E-state index in [9.17, 15) is 4.79 Å². The number of carbonyl (C=O) groups is 1. The molecule has 6 heteroatoms. The molecule has 0 radical (unpaired) electrons. The normalized spacial score (nSPS) is 11.0. The second-order valence-corrected chi connectivity index (χ2v) is 7.73. The lowest BCUT2D eigenvalue weighted by Crippen LogP contribution is -2.15. The van der Waals surface area contributed by atoms with Crippen LogP contribution in [0.3, 0.4) is 0 Å². The molecular formula is C22H19BrN4O. The number of para-hydroxylation sites is 1. The monoisotopic (exact) mass is 434 g/mol. The largest absolute Gasteiger partial charge is 0.306 e. The summed E-state index contributed by atoms with van der Waals surface area (Å²) in [5.41, 5.74) is 4.53. The molecule has 4 aromatic rings. The summed E-state index contributed by atoms with van der Waals surface area (Å²) in [6, 6.07) is 17.2. The van der Waals surface area contributed by atoms with E-state index in [1.54, 1.807) is 16.8 Å². The maximum atomic E-state index is 12.7. The highest BCUT2D eigenvalue weighted by atomic mass is 79.9. The van der Waals surface area contributed by atoms with Gasteiger partial charge >= 0.3 is 0 Å². The fourth-order valence-corrected chi connectivity index (χ4v) is 3.47. The molecule has 0 atom stereocenters. The Balaban J connectivity index is 1.76. The van der Waals surface area contributed by atoms with E-state index in [0.717, 1.165) is 32.2 Å². The molecular weight excluding hydrogens is 416 g/mol. The molecule has 2 heterocycles. The number of benzene rings is 2. The lowest BCUT2D eigenvalue weighted by atomic mass is 10.1. The first-order valence-corrected chi connectivity index (χ1v) is 9.72. The number of nitrogens with zero attached hydrogens (tertiary/aromatic N) is 3. The van der Waals surface area contributed by atoms with Crippen LogP contribution in [-0.4, -0.2) is 20.7 Å². The average Bonchev–Trinajstić information content (AvgIpc) is 3.03. The highest BCUT2D eigenvalue weighted by Crippen LogP contribution is 2.24. The van der Waals surface area contributed by atoms with Crippen LogP contribution in [0.4, 0.5) is 5.82 Å². The topological polar surface area (TPSA) is 59.8 Å². The number of fused-ring (bicyclic) bond motifs is 1. The first kappa shape index (κ1) is 18.4. The van der Waals surface area contributed by atoms with E-state index in [0.29, 0.717) is 17.2 Å². The first-order valence-electron chi connectivity index (χ1n) is 8.93. The number of aryl methyl sites for hydroxylation is 3. The van der Waals surface area contributed by atoms with E-state index in [1.165, 1.54) is 0 Å². The fraction of sp³-hybridized carbons (Fsp3) is 0.136. The minimum absolute atomic E-state index is 0.192. The summed E-state index contributed by atoms with van der Waals surface area (Å²) in [7, 11) is 0. The Labute approximate surface area is 171 Å². The van der Waals surface area contributed by atoms with Crippen molar-refractivity contribution in [2.45, 2.75) is 20.8 Å². The van der Waals surface area contributed by atoms with Gasteiger partial charge in [-0.05, 0) is 62.2 Å². The summed E-state index contributed by atoms with van der Waals surface area (Å²) in [6.07, 6.45) is 0. The Morgan fingerprint density at radius 2 is 1.75 bits per heavy atom. The number of pyridine rings is 1. The van der Waals surface area contributed by atoms with Crippen molar-refractivity contribution in [3.05, 3.63) is 81.5 Å². The molecule has 0 saturated carbocycles. The fourth-order valence-electron chi connectivity index (χ4n) is 3.21. The standard InChI is InChI=1S/C22H19BrN4O/c1-13-5-4-6-18-14(2)11-19(24-21(13)18)27-20(12-15(3)26-27)25-22(28)16-7-9-17(23)10-8-16/h4-12H,1-3H3,(H,25,28). The number of amides is 1. The minimum Gasteiger partial charge on any atom is -0.306 e. The SMILES string of the molecule is Cc1cc(NC(=O)c2ccc(Br)cc2)n(-c2cc(C)c3cccc(C)c3n2)n1. The molecule has 2 aromatic carbocycles. The van der Waals surface area contributed by atoms with Crippen LogP contribution < -0.4 is 5.32 Å². The van der Waals surface area contributed by atoms with Crippen LogP contribution in [0.15, 0.2) is 59.1 Å². The number of halogens is 1. The summed E-state index contributed by atoms with van der Waals surface area (Å²) in [5, 5.41) is 8.62. The number of carbonyl (C=O) groups excluding carboxylic acids is 1. The van der Waals surface area contributed by atoms with Gasteiger partial charge in [-0.2, -0.15) is 9.78 Å². The molecule has 0 fully saturated rings. The van der Waals surface area contributed by atoms with Crippen molar-refractivity contribution in [3.8, 4) is 5.82 Å². The molecule has 140 valence electrons. The van der Waals surface area contributed by atoms with Gasteiger partial charge in [-0.15, -0.1) is 0 Å². The number of rotatable bonds is 3. The second kappa shape index (κ2) is 7.20. The van der Waals surface area contributed by atoms with E-state index in [4.69, 9.17) is 4.98 Å². The van der Waals surface area contributed by atoms with Gasteiger partial charge < -0.3 is 5.32 Å². The number of nitrogens with one attached hydrogen (secondary N) is 1. The van der Waals surface area contributed by atoms with Gasteiger partial charge in [0.15, 0.2) is 5.82 Å². The average molecular weight is 435 g/mol. The molecule has 0 spiro atoms. The summed E-state index contributed by atoms with van der Waals surface area (Å²) in [4.78, 5) is 17.5. The van der Waals surface area contributed by atoms with Gasteiger partial charge in [-0.25, -0.2) is 4.98 Å². The van der Waals surface area contributed by atoms with Crippen molar-refractivity contribution >= 4 is 38.6 Å². The summed E-state index contributed by atoms with van der Waals surface area (Å²) < 4.78 is 2.61. The van der Waals surface area contributed by atoms with Crippen molar-refractivity contribution < 1.29 is 4.79 Å². The quantitative estimate of drug-likeness (QED) is 0.471. The van der Waals surface area contributed by atoms with Crippen LogP contribution in [0.5, 0.6) is 0 Å². The minimum atomic E-state index is -0.192.